The molecule has 7 heteroatoms. The number of rotatable bonds is 5. The highest BCUT2D eigenvalue weighted by Crippen LogP contribution is 2.21. The third-order valence-electron chi connectivity index (χ3n) is 2.50. The lowest BCUT2D eigenvalue weighted by atomic mass is 10.2. The van der Waals surface area contributed by atoms with Gasteiger partial charge in [0.15, 0.2) is 5.15 Å². The molecule has 2 N–H and O–H groups in total. The molecule has 5 nitrogen and oxygen atoms in total. The Hall–Kier alpha value is -2.05. The van der Waals surface area contributed by atoms with E-state index in [9.17, 15) is 9.59 Å². The number of carbonyl (C=O) groups excluding carboxylic acids is 1. The lowest BCUT2D eigenvalue weighted by Gasteiger charge is -2.06. The highest BCUT2D eigenvalue weighted by atomic mass is 35.5. The van der Waals surface area contributed by atoms with Crippen LogP contribution in [0.4, 0.5) is 5.69 Å². The number of carbonyl (C=O) groups is 2. The van der Waals surface area contributed by atoms with Crippen molar-refractivity contribution in [3.63, 3.8) is 0 Å². The van der Waals surface area contributed by atoms with Crippen LogP contribution in [0.15, 0.2) is 47.5 Å². The summed E-state index contributed by atoms with van der Waals surface area (Å²) in [7, 11) is 0. The summed E-state index contributed by atoms with van der Waals surface area (Å²) in [6.07, 6.45) is 1.54. The molecule has 2 rings (SSSR count). The van der Waals surface area contributed by atoms with Crippen LogP contribution in [0.2, 0.25) is 5.15 Å². The van der Waals surface area contributed by atoms with Gasteiger partial charge in [-0.15, -0.1) is 11.8 Å². The van der Waals surface area contributed by atoms with Crippen molar-refractivity contribution < 1.29 is 14.7 Å². The normalized spacial score (nSPS) is 10.1. The number of hydrogen-bond acceptors (Lipinski definition) is 4. The highest BCUT2D eigenvalue weighted by molar-refractivity contribution is 8.00. The maximum Gasteiger partial charge on any atom is 0.335 e. The standard InChI is InChI=1S/C14H11ClN2O3S/c15-13-11(2-1-7-16-13)17-12(18)8-21-10-5-3-9(4-6-10)14(19)20/h1-7H,8H2,(H,17,18)(H,19,20). The molecule has 108 valence electrons. The minimum atomic E-state index is -0.976. The van der Waals surface area contributed by atoms with Crippen molar-refractivity contribution >= 4 is 40.9 Å². The van der Waals surface area contributed by atoms with Gasteiger partial charge >= 0.3 is 5.97 Å². The number of carboxylic acid groups (broad SMARTS) is 1. The number of thioether (sulfide) groups is 1. The van der Waals surface area contributed by atoms with Crippen LogP contribution in [-0.4, -0.2) is 27.7 Å². The Morgan fingerprint density at radius 1 is 1.24 bits per heavy atom. The number of nitrogens with one attached hydrogen (secondary N) is 1. The molecule has 0 aliphatic carbocycles. The van der Waals surface area contributed by atoms with Crippen molar-refractivity contribution in [2.75, 3.05) is 11.1 Å². The van der Waals surface area contributed by atoms with Crippen LogP contribution in [-0.2, 0) is 4.79 Å². The maximum absolute atomic E-state index is 11.8. The third kappa shape index (κ3) is 4.47. The van der Waals surface area contributed by atoms with Crippen molar-refractivity contribution in [1.82, 2.24) is 4.98 Å². The zero-order chi connectivity index (χ0) is 15.2. The molecule has 0 aliphatic rings. The predicted molar refractivity (Wildman–Crippen MR) is 82.0 cm³/mol. The average Bonchev–Trinajstić information content (AvgIpc) is 2.48. The molecule has 0 unspecified atom stereocenters. The van der Waals surface area contributed by atoms with Crippen molar-refractivity contribution in [3.05, 3.63) is 53.3 Å². The first kappa shape index (κ1) is 15.3. The molecule has 0 atom stereocenters. The SMILES string of the molecule is O=C(CSc1ccc(C(=O)O)cc1)Nc1cccnc1Cl. The van der Waals surface area contributed by atoms with E-state index in [2.05, 4.69) is 10.3 Å². The number of pyridine rings is 1. The van der Waals surface area contributed by atoms with Crippen LogP contribution < -0.4 is 5.32 Å². The first-order chi connectivity index (χ1) is 10.1. The van der Waals surface area contributed by atoms with Crippen LogP contribution in [0.5, 0.6) is 0 Å². The first-order valence-electron chi connectivity index (χ1n) is 5.93. The van der Waals surface area contributed by atoms with E-state index in [0.29, 0.717) is 5.69 Å². The summed E-state index contributed by atoms with van der Waals surface area (Å²) in [5.41, 5.74) is 0.678. The van der Waals surface area contributed by atoms with E-state index in [-0.39, 0.29) is 22.4 Å². The monoisotopic (exact) mass is 322 g/mol. The molecule has 1 heterocycles. The summed E-state index contributed by atoms with van der Waals surface area (Å²) < 4.78 is 0. The Labute approximate surface area is 130 Å². The molecule has 0 saturated heterocycles. The van der Waals surface area contributed by atoms with Crippen molar-refractivity contribution in [3.8, 4) is 0 Å². The quantitative estimate of drug-likeness (QED) is 0.653. The molecule has 2 aromatic rings. The van der Waals surface area contributed by atoms with E-state index in [4.69, 9.17) is 16.7 Å². The third-order valence-corrected chi connectivity index (χ3v) is 3.82. The van der Waals surface area contributed by atoms with Crippen molar-refractivity contribution in [2.45, 2.75) is 4.90 Å². The fraction of sp³-hybridized carbons (Fsp3) is 0.0714. The second-order valence-corrected chi connectivity index (χ2v) is 5.41. The Kier molecular flexibility index (Phi) is 5.19. The summed E-state index contributed by atoms with van der Waals surface area (Å²) in [6.45, 7) is 0. The molecule has 0 bridgehead atoms. The highest BCUT2D eigenvalue weighted by Gasteiger charge is 2.07. The van der Waals surface area contributed by atoms with Gasteiger partial charge in [0.1, 0.15) is 0 Å². The van der Waals surface area contributed by atoms with Gasteiger partial charge < -0.3 is 10.4 Å². The smallest absolute Gasteiger partial charge is 0.335 e. The molecular formula is C14H11ClN2O3S. The molecule has 0 fully saturated rings. The summed E-state index contributed by atoms with van der Waals surface area (Å²) in [4.78, 5) is 27.2. The lowest BCUT2D eigenvalue weighted by molar-refractivity contribution is -0.113. The zero-order valence-corrected chi connectivity index (χ0v) is 12.3. The second-order valence-electron chi connectivity index (χ2n) is 4.01. The van der Waals surface area contributed by atoms with Gasteiger partial charge in [0.05, 0.1) is 17.0 Å². The largest absolute Gasteiger partial charge is 0.478 e. The van der Waals surface area contributed by atoms with Crippen LogP contribution >= 0.6 is 23.4 Å². The fourth-order valence-corrected chi connectivity index (χ4v) is 2.37. The minimum absolute atomic E-state index is 0.192. The fourth-order valence-electron chi connectivity index (χ4n) is 1.51. The number of nitrogens with zero attached hydrogens (tertiary/aromatic N) is 1. The number of aromatic carboxylic acids is 1. The number of benzene rings is 1. The van der Waals surface area contributed by atoms with Gasteiger partial charge in [0.25, 0.3) is 0 Å². The van der Waals surface area contributed by atoms with Gasteiger partial charge in [0.2, 0.25) is 5.91 Å². The molecular weight excluding hydrogens is 312 g/mol. The molecule has 1 aromatic heterocycles. The van der Waals surface area contributed by atoms with Gasteiger partial charge in [-0.3, -0.25) is 4.79 Å². The van der Waals surface area contributed by atoms with Crippen LogP contribution in [0.1, 0.15) is 10.4 Å². The Morgan fingerprint density at radius 2 is 1.95 bits per heavy atom. The van der Waals surface area contributed by atoms with E-state index in [0.717, 1.165) is 4.90 Å². The van der Waals surface area contributed by atoms with E-state index in [1.54, 1.807) is 24.3 Å². The van der Waals surface area contributed by atoms with E-state index < -0.39 is 5.97 Å². The van der Waals surface area contributed by atoms with Crippen LogP contribution in [0.25, 0.3) is 0 Å². The van der Waals surface area contributed by atoms with Gasteiger partial charge in [-0.2, -0.15) is 0 Å². The molecule has 1 aromatic carbocycles. The first-order valence-corrected chi connectivity index (χ1v) is 7.29. The Morgan fingerprint density at radius 3 is 2.57 bits per heavy atom. The second kappa shape index (κ2) is 7.10. The number of halogens is 1. The molecule has 0 aliphatic heterocycles. The lowest BCUT2D eigenvalue weighted by Crippen LogP contribution is -2.14. The molecule has 0 saturated carbocycles. The number of carboxylic acids is 1. The number of hydrogen-bond donors (Lipinski definition) is 2. The number of anilines is 1. The number of amides is 1. The van der Waals surface area contributed by atoms with Crippen LogP contribution in [0, 0.1) is 0 Å². The van der Waals surface area contributed by atoms with E-state index in [1.807, 2.05) is 0 Å². The van der Waals surface area contributed by atoms with Gasteiger partial charge in [-0.05, 0) is 36.4 Å². The minimum Gasteiger partial charge on any atom is -0.478 e. The zero-order valence-electron chi connectivity index (χ0n) is 10.7. The Bertz CT molecular complexity index is 662. The van der Waals surface area contributed by atoms with Crippen molar-refractivity contribution in [2.24, 2.45) is 0 Å². The number of aromatic nitrogens is 1. The molecule has 21 heavy (non-hydrogen) atoms. The van der Waals surface area contributed by atoms with Gasteiger partial charge in [-0.25, -0.2) is 9.78 Å². The summed E-state index contributed by atoms with van der Waals surface area (Å²) in [6, 6.07) is 9.68. The average molecular weight is 323 g/mol. The molecule has 0 spiro atoms. The summed E-state index contributed by atoms with van der Waals surface area (Å²) in [5, 5.41) is 11.7. The van der Waals surface area contributed by atoms with Crippen molar-refractivity contribution in [1.29, 1.82) is 0 Å². The summed E-state index contributed by atoms with van der Waals surface area (Å²) in [5.74, 6) is -0.995. The molecule has 0 radical (unpaired) electrons. The van der Waals surface area contributed by atoms with E-state index >= 15 is 0 Å². The van der Waals surface area contributed by atoms with Crippen LogP contribution in [0.3, 0.4) is 0 Å². The van der Waals surface area contributed by atoms with Gasteiger partial charge in [-0.1, -0.05) is 11.6 Å². The molecule has 1 amide bonds. The summed E-state index contributed by atoms with van der Waals surface area (Å²) >= 11 is 7.15. The Balaban J connectivity index is 1.89. The van der Waals surface area contributed by atoms with E-state index in [1.165, 1.54) is 30.1 Å². The maximum atomic E-state index is 11.8. The topological polar surface area (TPSA) is 79.3 Å². The van der Waals surface area contributed by atoms with Gasteiger partial charge in [0, 0.05) is 11.1 Å². The predicted octanol–water partition coefficient (Wildman–Crippen LogP) is 3.16.